The third-order valence-corrected chi connectivity index (χ3v) is 2.60. The van der Waals surface area contributed by atoms with Crippen molar-refractivity contribution in [2.75, 3.05) is 32.6 Å². The molecule has 0 saturated carbocycles. The quantitative estimate of drug-likeness (QED) is 0.612. The van der Waals surface area contributed by atoms with Gasteiger partial charge in [-0.15, -0.1) is 0 Å². The van der Waals surface area contributed by atoms with Crippen molar-refractivity contribution in [1.82, 2.24) is 5.32 Å². The van der Waals surface area contributed by atoms with Gasteiger partial charge in [-0.05, 0) is 22.0 Å². The Morgan fingerprint density at radius 2 is 2.28 bits per heavy atom. The first-order chi connectivity index (χ1) is 8.54. The van der Waals surface area contributed by atoms with Crippen LogP contribution in [0.1, 0.15) is 0 Å². The van der Waals surface area contributed by atoms with Gasteiger partial charge in [0.2, 0.25) is 0 Å². The van der Waals surface area contributed by atoms with Crippen LogP contribution in [-0.4, -0.2) is 32.8 Å². The molecule has 1 rings (SSSR count). The van der Waals surface area contributed by atoms with Crippen LogP contribution < -0.4 is 15.8 Å². The molecule has 7 heteroatoms. The predicted molar refractivity (Wildman–Crippen MR) is 68.9 cm³/mol. The molecule has 3 N–H and O–H groups in total. The van der Waals surface area contributed by atoms with Gasteiger partial charge in [0.05, 0.1) is 16.8 Å². The van der Waals surface area contributed by atoms with E-state index in [1.807, 2.05) is 0 Å². The fourth-order valence-corrected chi connectivity index (χ4v) is 1.78. The molecule has 0 aromatic heterocycles. The molecule has 100 valence electrons. The molecule has 0 fully saturated rings. The van der Waals surface area contributed by atoms with E-state index in [4.69, 9.17) is 15.2 Å². The zero-order valence-electron chi connectivity index (χ0n) is 9.83. The van der Waals surface area contributed by atoms with Crippen LogP contribution in [0.4, 0.5) is 10.1 Å². The average Bonchev–Trinajstić information content (AvgIpc) is 2.27. The molecule has 0 atom stereocenters. The SMILES string of the molecule is COCCNC(=O)COc1c(N)cc(F)cc1Br. The van der Waals surface area contributed by atoms with E-state index in [-0.39, 0.29) is 24.0 Å². The number of methoxy groups -OCH3 is 1. The molecule has 0 aliphatic carbocycles. The number of nitrogen functional groups attached to an aromatic ring is 1. The first-order valence-corrected chi connectivity index (χ1v) is 5.97. The van der Waals surface area contributed by atoms with Crippen molar-refractivity contribution >= 4 is 27.5 Å². The van der Waals surface area contributed by atoms with Gasteiger partial charge in [0.15, 0.2) is 12.4 Å². The monoisotopic (exact) mass is 320 g/mol. The largest absolute Gasteiger partial charge is 0.480 e. The van der Waals surface area contributed by atoms with Crippen molar-refractivity contribution in [2.45, 2.75) is 0 Å². The van der Waals surface area contributed by atoms with E-state index in [1.54, 1.807) is 7.11 Å². The standard InChI is InChI=1S/C11H14BrFN2O3/c1-17-3-2-15-10(16)6-18-11-8(12)4-7(13)5-9(11)14/h4-5H,2-3,6,14H2,1H3,(H,15,16). The van der Waals surface area contributed by atoms with Crippen molar-refractivity contribution in [3.63, 3.8) is 0 Å². The summed E-state index contributed by atoms with van der Waals surface area (Å²) in [6.45, 7) is 0.630. The lowest BCUT2D eigenvalue weighted by Gasteiger charge is -2.11. The fourth-order valence-electron chi connectivity index (χ4n) is 1.21. The number of ether oxygens (including phenoxy) is 2. The molecule has 0 saturated heterocycles. The van der Waals surface area contributed by atoms with Crippen molar-refractivity contribution in [2.24, 2.45) is 0 Å². The molecule has 0 spiro atoms. The van der Waals surface area contributed by atoms with Gasteiger partial charge in [0.1, 0.15) is 5.82 Å². The number of benzene rings is 1. The Morgan fingerprint density at radius 1 is 1.56 bits per heavy atom. The number of anilines is 1. The highest BCUT2D eigenvalue weighted by Crippen LogP contribution is 2.32. The third-order valence-electron chi connectivity index (χ3n) is 2.01. The van der Waals surface area contributed by atoms with Crippen LogP contribution in [0.5, 0.6) is 5.75 Å². The lowest BCUT2D eigenvalue weighted by molar-refractivity contribution is -0.123. The molecule has 1 amide bonds. The third kappa shape index (κ3) is 4.50. The topological polar surface area (TPSA) is 73.6 Å². The molecular formula is C11H14BrFN2O3. The highest BCUT2D eigenvalue weighted by molar-refractivity contribution is 9.10. The molecule has 0 heterocycles. The van der Waals surface area contributed by atoms with Crippen molar-refractivity contribution < 1.29 is 18.7 Å². The first kappa shape index (κ1) is 14.7. The van der Waals surface area contributed by atoms with Gasteiger partial charge in [-0.2, -0.15) is 0 Å². The van der Waals surface area contributed by atoms with Crippen LogP contribution >= 0.6 is 15.9 Å². The average molecular weight is 321 g/mol. The second kappa shape index (κ2) is 7.17. The summed E-state index contributed by atoms with van der Waals surface area (Å²) in [6, 6.07) is 2.34. The van der Waals surface area contributed by atoms with E-state index in [2.05, 4.69) is 21.2 Å². The Morgan fingerprint density at radius 3 is 2.89 bits per heavy atom. The van der Waals surface area contributed by atoms with Crippen LogP contribution in [0.2, 0.25) is 0 Å². The number of halogens is 2. The van der Waals surface area contributed by atoms with Crippen LogP contribution in [0.15, 0.2) is 16.6 Å². The number of carbonyl (C=O) groups excluding carboxylic acids is 1. The van der Waals surface area contributed by atoms with E-state index < -0.39 is 5.82 Å². The van der Waals surface area contributed by atoms with E-state index in [9.17, 15) is 9.18 Å². The molecule has 18 heavy (non-hydrogen) atoms. The molecular weight excluding hydrogens is 307 g/mol. The molecule has 1 aromatic rings. The summed E-state index contributed by atoms with van der Waals surface area (Å²) in [5, 5.41) is 2.58. The minimum absolute atomic E-state index is 0.131. The Hall–Kier alpha value is -1.34. The summed E-state index contributed by atoms with van der Waals surface area (Å²) < 4.78 is 23.3. The summed E-state index contributed by atoms with van der Waals surface area (Å²) in [5.74, 6) is -0.530. The molecule has 1 aromatic carbocycles. The zero-order valence-corrected chi connectivity index (χ0v) is 11.4. The maximum Gasteiger partial charge on any atom is 0.258 e. The number of hydrogen-bond acceptors (Lipinski definition) is 4. The number of nitrogens with two attached hydrogens (primary N) is 1. The van der Waals surface area contributed by atoms with Gasteiger partial charge in [0, 0.05) is 19.7 Å². The predicted octanol–water partition coefficient (Wildman–Crippen LogP) is 1.31. The molecule has 5 nitrogen and oxygen atoms in total. The van der Waals surface area contributed by atoms with Crippen molar-refractivity contribution in [3.05, 3.63) is 22.4 Å². The van der Waals surface area contributed by atoms with Gasteiger partial charge in [-0.25, -0.2) is 4.39 Å². The maximum atomic E-state index is 13.0. The van der Waals surface area contributed by atoms with Crippen LogP contribution in [0.25, 0.3) is 0 Å². The lowest BCUT2D eigenvalue weighted by Crippen LogP contribution is -2.31. The minimum atomic E-state index is -0.476. The number of nitrogens with one attached hydrogen (secondary N) is 1. The van der Waals surface area contributed by atoms with Gasteiger partial charge >= 0.3 is 0 Å². The first-order valence-electron chi connectivity index (χ1n) is 5.17. The fraction of sp³-hybridized carbons (Fsp3) is 0.364. The molecule has 0 radical (unpaired) electrons. The summed E-state index contributed by atoms with van der Waals surface area (Å²) >= 11 is 3.12. The normalized spacial score (nSPS) is 10.2. The van der Waals surface area contributed by atoms with Gasteiger partial charge in [-0.3, -0.25) is 4.79 Å². The van der Waals surface area contributed by atoms with Crippen LogP contribution in [0, 0.1) is 5.82 Å². The Labute approximate surface area is 113 Å². The summed E-state index contributed by atoms with van der Waals surface area (Å²) in [7, 11) is 1.54. The molecule has 0 aliphatic rings. The van der Waals surface area contributed by atoms with E-state index in [0.717, 1.165) is 6.07 Å². The van der Waals surface area contributed by atoms with E-state index in [1.165, 1.54) is 6.07 Å². The van der Waals surface area contributed by atoms with Crippen LogP contribution in [0.3, 0.4) is 0 Å². The summed E-state index contributed by atoms with van der Waals surface area (Å²) in [5.41, 5.74) is 5.71. The second-order valence-electron chi connectivity index (χ2n) is 3.44. The smallest absolute Gasteiger partial charge is 0.258 e. The summed E-state index contributed by atoms with van der Waals surface area (Å²) in [4.78, 5) is 11.4. The van der Waals surface area contributed by atoms with Crippen molar-refractivity contribution in [3.8, 4) is 5.75 Å². The lowest BCUT2D eigenvalue weighted by atomic mass is 10.3. The van der Waals surface area contributed by atoms with E-state index >= 15 is 0 Å². The Bertz CT molecular complexity index is 406. The highest BCUT2D eigenvalue weighted by Gasteiger charge is 2.10. The van der Waals surface area contributed by atoms with E-state index in [0.29, 0.717) is 17.6 Å². The molecule has 0 unspecified atom stereocenters. The Kier molecular flexibility index (Phi) is 5.87. The van der Waals surface area contributed by atoms with Gasteiger partial charge in [-0.1, -0.05) is 0 Å². The highest BCUT2D eigenvalue weighted by atomic mass is 79.9. The zero-order chi connectivity index (χ0) is 13.5. The second-order valence-corrected chi connectivity index (χ2v) is 4.29. The number of hydrogen-bond donors (Lipinski definition) is 2. The molecule has 0 bridgehead atoms. The van der Waals surface area contributed by atoms with Crippen LogP contribution in [-0.2, 0) is 9.53 Å². The van der Waals surface area contributed by atoms with Gasteiger partial charge in [0.25, 0.3) is 5.91 Å². The molecule has 0 aliphatic heterocycles. The van der Waals surface area contributed by atoms with Gasteiger partial charge < -0.3 is 20.5 Å². The summed E-state index contributed by atoms with van der Waals surface area (Å²) in [6.07, 6.45) is 0. The number of carbonyl (C=O) groups is 1. The number of rotatable bonds is 6. The maximum absolute atomic E-state index is 13.0. The van der Waals surface area contributed by atoms with Crippen molar-refractivity contribution in [1.29, 1.82) is 0 Å². The number of amides is 1. The minimum Gasteiger partial charge on any atom is -0.480 e. The Balaban J connectivity index is 2.51.